The second kappa shape index (κ2) is 6.69. The molecule has 0 saturated carbocycles. The van der Waals surface area contributed by atoms with Gasteiger partial charge in [0.15, 0.2) is 0 Å². The van der Waals surface area contributed by atoms with E-state index in [1.165, 1.54) is 29.6 Å². The van der Waals surface area contributed by atoms with E-state index in [9.17, 15) is 18.4 Å². The van der Waals surface area contributed by atoms with Crippen LogP contribution in [-0.2, 0) is 11.3 Å². The second-order valence-electron chi connectivity index (χ2n) is 5.42. The first-order valence-electron chi connectivity index (χ1n) is 7.32. The minimum absolute atomic E-state index is 0.183. The molecular weight excluding hydrogens is 318 g/mol. The van der Waals surface area contributed by atoms with Crippen molar-refractivity contribution in [1.29, 1.82) is 0 Å². The molecule has 2 heterocycles. The molecule has 124 valence electrons. The van der Waals surface area contributed by atoms with Crippen molar-refractivity contribution in [3.05, 3.63) is 59.7 Å². The maximum Gasteiger partial charge on any atom is 0.274 e. The van der Waals surface area contributed by atoms with Crippen LogP contribution in [0.1, 0.15) is 16.1 Å². The van der Waals surface area contributed by atoms with E-state index >= 15 is 0 Å². The molecule has 0 bridgehead atoms. The average molecular weight is 332 g/mol. The van der Waals surface area contributed by atoms with Gasteiger partial charge in [0.25, 0.3) is 5.91 Å². The number of halogens is 2. The highest BCUT2D eigenvalue weighted by Gasteiger charge is 2.36. The molecule has 3 rings (SSSR count). The number of amides is 2. The van der Waals surface area contributed by atoms with Crippen molar-refractivity contribution < 1.29 is 18.4 Å². The molecule has 1 fully saturated rings. The lowest BCUT2D eigenvalue weighted by Gasteiger charge is -2.37. The third-order valence-electron chi connectivity index (χ3n) is 3.82. The summed E-state index contributed by atoms with van der Waals surface area (Å²) in [5.74, 6) is -2.46. The summed E-state index contributed by atoms with van der Waals surface area (Å²) < 4.78 is 27.0. The lowest BCUT2D eigenvalue weighted by atomic mass is 9.98. The van der Waals surface area contributed by atoms with E-state index in [0.29, 0.717) is 0 Å². The van der Waals surface area contributed by atoms with E-state index in [1.54, 1.807) is 0 Å². The third kappa shape index (κ3) is 3.22. The summed E-state index contributed by atoms with van der Waals surface area (Å²) in [6.45, 7) is 0.244. The van der Waals surface area contributed by atoms with Gasteiger partial charge >= 0.3 is 0 Å². The molecule has 6 nitrogen and oxygen atoms in total. The Morgan fingerprint density at radius 1 is 1.21 bits per heavy atom. The third-order valence-corrected chi connectivity index (χ3v) is 3.82. The zero-order valence-corrected chi connectivity index (χ0v) is 12.6. The van der Waals surface area contributed by atoms with Crippen molar-refractivity contribution in [3.63, 3.8) is 0 Å². The van der Waals surface area contributed by atoms with Crippen molar-refractivity contribution in [2.24, 2.45) is 5.92 Å². The number of aromatic nitrogens is 2. The summed E-state index contributed by atoms with van der Waals surface area (Å²) in [7, 11) is 0. The van der Waals surface area contributed by atoms with Gasteiger partial charge in [-0.3, -0.25) is 14.6 Å². The van der Waals surface area contributed by atoms with E-state index in [2.05, 4.69) is 15.3 Å². The van der Waals surface area contributed by atoms with Crippen LogP contribution < -0.4 is 5.32 Å². The summed E-state index contributed by atoms with van der Waals surface area (Å²) in [6.07, 6.45) is 4.24. The van der Waals surface area contributed by atoms with Crippen molar-refractivity contribution in [2.45, 2.75) is 6.54 Å². The van der Waals surface area contributed by atoms with Gasteiger partial charge in [-0.15, -0.1) is 0 Å². The van der Waals surface area contributed by atoms with Crippen LogP contribution in [0, 0.1) is 17.6 Å². The lowest BCUT2D eigenvalue weighted by molar-refractivity contribution is -0.129. The molecule has 2 amide bonds. The van der Waals surface area contributed by atoms with Crippen LogP contribution in [0.5, 0.6) is 0 Å². The Balaban J connectivity index is 1.51. The Kier molecular flexibility index (Phi) is 4.45. The predicted molar refractivity (Wildman–Crippen MR) is 79.6 cm³/mol. The molecule has 1 aromatic heterocycles. The fraction of sp³-hybridized carbons (Fsp3) is 0.250. The number of likely N-dealkylation sites (tertiary alicyclic amines) is 1. The SMILES string of the molecule is O=C(NCc1c(F)cccc1F)C1CN(C(=O)c2cnccn2)C1. The van der Waals surface area contributed by atoms with Gasteiger partial charge < -0.3 is 10.2 Å². The molecule has 24 heavy (non-hydrogen) atoms. The molecule has 1 aromatic carbocycles. The van der Waals surface area contributed by atoms with Gasteiger partial charge in [-0.1, -0.05) is 6.07 Å². The number of benzene rings is 1. The molecule has 1 aliphatic heterocycles. The molecule has 0 aliphatic carbocycles. The van der Waals surface area contributed by atoms with Gasteiger partial charge in [0.1, 0.15) is 17.3 Å². The maximum atomic E-state index is 13.5. The first-order chi connectivity index (χ1) is 11.6. The Labute approximate surface area is 136 Å². The topological polar surface area (TPSA) is 75.2 Å². The van der Waals surface area contributed by atoms with Crippen LogP contribution in [0.3, 0.4) is 0 Å². The number of nitrogens with one attached hydrogen (secondary N) is 1. The number of carbonyl (C=O) groups excluding carboxylic acids is 2. The summed E-state index contributed by atoms with van der Waals surface area (Å²) in [4.78, 5) is 33.3. The molecule has 0 radical (unpaired) electrons. The van der Waals surface area contributed by atoms with E-state index in [0.717, 1.165) is 12.1 Å². The zero-order chi connectivity index (χ0) is 17.1. The van der Waals surface area contributed by atoms with Crippen LogP contribution >= 0.6 is 0 Å². The van der Waals surface area contributed by atoms with Crippen LogP contribution in [0.4, 0.5) is 8.78 Å². The average Bonchev–Trinajstić information content (AvgIpc) is 2.53. The largest absolute Gasteiger partial charge is 0.351 e. The number of hydrogen-bond donors (Lipinski definition) is 1. The summed E-state index contributed by atoms with van der Waals surface area (Å²) >= 11 is 0. The van der Waals surface area contributed by atoms with Gasteiger partial charge in [0.05, 0.1) is 12.1 Å². The molecule has 1 aliphatic rings. The highest BCUT2D eigenvalue weighted by Crippen LogP contribution is 2.18. The Bertz CT molecular complexity index is 744. The van der Waals surface area contributed by atoms with Crippen molar-refractivity contribution in [3.8, 4) is 0 Å². The minimum atomic E-state index is -0.705. The standard InChI is InChI=1S/C16H14F2N4O2/c17-12-2-1-3-13(18)11(12)6-21-15(23)10-8-22(9-10)16(24)14-7-19-4-5-20-14/h1-5,7,10H,6,8-9H2,(H,21,23). The smallest absolute Gasteiger partial charge is 0.274 e. The molecule has 0 atom stereocenters. The van der Waals surface area contributed by atoms with Crippen LogP contribution in [0.2, 0.25) is 0 Å². The van der Waals surface area contributed by atoms with Gasteiger partial charge in [-0.2, -0.15) is 0 Å². The summed E-state index contributed by atoms with van der Waals surface area (Å²) in [6, 6.07) is 3.53. The van der Waals surface area contributed by atoms with Crippen molar-refractivity contribution in [1.82, 2.24) is 20.2 Å². The van der Waals surface area contributed by atoms with Crippen molar-refractivity contribution in [2.75, 3.05) is 13.1 Å². The number of hydrogen-bond acceptors (Lipinski definition) is 4. The Hall–Kier alpha value is -2.90. The molecule has 0 spiro atoms. The molecule has 8 heteroatoms. The van der Waals surface area contributed by atoms with Gasteiger partial charge in [-0.05, 0) is 12.1 Å². The van der Waals surface area contributed by atoms with E-state index < -0.39 is 17.6 Å². The number of carbonyl (C=O) groups is 2. The summed E-state index contributed by atoms with van der Waals surface area (Å²) in [5, 5.41) is 2.50. The van der Waals surface area contributed by atoms with Crippen LogP contribution in [-0.4, -0.2) is 39.8 Å². The maximum absolute atomic E-state index is 13.5. The van der Waals surface area contributed by atoms with Crippen LogP contribution in [0.15, 0.2) is 36.8 Å². The zero-order valence-electron chi connectivity index (χ0n) is 12.6. The predicted octanol–water partition coefficient (Wildman–Crippen LogP) is 1.14. The molecule has 0 unspecified atom stereocenters. The van der Waals surface area contributed by atoms with E-state index in [-0.39, 0.29) is 42.7 Å². The molecular formula is C16H14F2N4O2. The van der Waals surface area contributed by atoms with Crippen molar-refractivity contribution >= 4 is 11.8 Å². The number of nitrogens with zero attached hydrogens (tertiary/aromatic N) is 3. The van der Waals surface area contributed by atoms with E-state index in [1.807, 2.05) is 0 Å². The quantitative estimate of drug-likeness (QED) is 0.911. The first-order valence-corrected chi connectivity index (χ1v) is 7.32. The summed E-state index contributed by atoms with van der Waals surface area (Å²) in [5.41, 5.74) is 0.0300. The Morgan fingerprint density at radius 2 is 1.92 bits per heavy atom. The molecule has 1 saturated heterocycles. The second-order valence-corrected chi connectivity index (χ2v) is 5.42. The van der Waals surface area contributed by atoms with Crippen LogP contribution in [0.25, 0.3) is 0 Å². The first kappa shape index (κ1) is 16.0. The fourth-order valence-electron chi connectivity index (χ4n) is 2.40. The molecule has 1 N–H and O–H groups in total. The minimum Gasteiger partial charge on any atom is -0.351 e. The lowest BCUT2D eigenvalue weighted by Crippen LogP contribution is -2.55. The fourth-order valence-corrected chi connectivity index (χ4v) is 2.40. The van der Waals surface area contributed by atoms with Gasteiger partial charge in [-0.25, -0.2) is 13.8 Å². The highest BCUT2D eigenvalue weighted by atomic mass is 19.1. The highest BCUT2D eigenvalue weighted by molar-refractivity contribution is 5.94. The monoisotopic (exact) mass is 332 g/mol. The number of rotatable bonds is 4. The molecule has 2 aromatic rings. The van der Waals surface area contributed by atoms with Gasteiger partial charge in [0, 0.05) is 37.6 Å². The normalized spacial score (nSPS) is 14.2. The van der Waals surface area contributed by atoms with Gasteiger partial charge in [0.2, 0.25) is 5.91 Å². The Morgan fingerprint density at radius 3 is 2.54 bits per heavy atom. The van der Waals surface area contributed by atoms with E-state index in [4.69, 9.17) is 0 Å².